The normalized spacial score (nSPS) is 11.5. The highest BCUT2D eigenvalue weighted by Gasteiger charge is 2.23. The number of nitrogens with zero attached hydrogens (tertiary/aromatic N) is 1. The van der Waals surface area contributed by atoms with E-state index in [1.807, 2.05) is 0 Å². The van der Waals surface area contributed by atoms with Gasteiger partial charge in [0.1, 0.15) is 17.7 Å². The standard InChI is InChI=1S/C18H18F2N2O4/c1-25-17-7-6-11(10-21-17)8-15(18(24)26-2)22-16(23)9-12-13(19)4-3-5-14(12)20/h3-7,10,15H,8-9H2,1-2H3,(H,22,23)/t15-/m1/s1. The maximum Gasteiger partial charge on any atom is 0.328 e. The molecule has 1 aromatic carbocycles. The summed E-state index contributed by atoms with van der Waals surface area (Å²) in [6.45, 7) is 0. The smallest absolute Gasteiger partial charge is 0.328 e. The second-order valence-electron chi connectivity index (χ2n) is 5.43. The number of ether oxygens (including phenoxy) is 2. The van der Waals surface area contributed by atoms with Gasteiger partial charge in [0.05, 0.1) is 20.6 Å². The molecule has 1 heterocycles. The molecule has 0 fully saturated rings. The zero-order valence-electron chi connectivity index (χ0n) is 14.3. The van der Waals surface area contributed by atoms with E-state index >= 15 is 0 Å². The fraction of sp³-hybridized carbons (Fsp3) is 0.278. The van der Waals surface area contributed by atoms with Crippen LogP contribution in [0.5, 0.6) is 5.88 Å². The lowest BCUT2D eigenvalue weighted by Crippen LogP contribution is -2.43. The molecular formula is C18H18F2N2O4. The van der Waals surface area contributed by atoms with E-state index in [4.69, 9.17) is 4.74 Å². The molecule has 0 saturated carbocycles. The van der Waals surface area contributed by atoms with E-state index in [1.54, 1.807) is 12.1 Å². The summed E-state index contributed by atoms with van der Waals surface area (Å²) >= 11 is 0. The highest BCUT2D eigenvalue weighted by Crippen LogP contribution is 2.13. The van der Waals surface area contributed by atoms with Crippen LogP contribution in [0.2, 0.25) is 0 Å². The van der Waals surface area contributed by atoms with E-state index in [2.05, 4.69) is 15.0 Å². The molecule has 138 valence electrons. The number of carbonyl (C=O) groups is 2. The summed E-state index contributed by atoms with van der Waals surface area (Å²) in [7, 11) is 2.66. The Morgan fingerprint density at radius 3 is 2.38 bits per heavy atom. The topological polar surface area (TPSA) is 77.5 Å². The van der Waals surface area contributed by atoms with Crippen molar-refractivity contribution in [2.75, 3.05) is 14.2 Å². The minimum Gasteiger partial charge on any atom is -0.481 e. The minimum absolute atomic E-state index is 0.106. The van der Waals surface area contributed by atoms with Gasteiger partial charge in [-0.25, -0.2) is 18.6 Å². The summed E-state index contributed by atoms with van der Waals surface area (Å²) in [5.74, 6) is -2.63. The lowest BCUT2D eigenvalue weighted by Gasteiger charge is -2.17. The third-order valence-corrected chi connectivity index (χ3v) is 3.67. The van der Waals surface area contributed by atoms with Crippen LogP contribution in [0.15, 0.2) is 36.5 Å². The maximum atomic E-state index is 13.7. The van der Waals surface area contributed by atoms with Gasteiger partial charge in [-0.15, -0.1) is 0 Å². The van der Waals surface area contributed by atoms with Crippen LogP contribution >= 0.6 is 0 Å². The van der Waals surface area contributed by atoms with Crippen molar-refractivity contribution in [2.24, 2.45) is 0 Å². The largest absolute Gasteiger partial charge is 0.481 e. The van der Waals surface area contributed by atoms with E-state index in [0.29, 0.717) is 11.4 Å². The summed E-state index contributed by atoms with van der Waals surface area (Å²) in [4.78, 5) is 28.1. The number of esters is 1. The Labute approximate surface area is 149 Å². The zero-order valence-corrected chi connectivity index (χ0v) is 14.3. The molecule has 26 heavy (non-hydrogen) atoms. The minimum atomic E-state index is -1.02. The van der Waals surface area contributed by atoms with Gasteiger partial charge < -0.3 is 14.8 Å². The second kappa shape index (κ2) is 8.89. The van der Waals surface area contributed by atoms with E-state index in [1.165, 1.54) is 26.5 Å². The van der Waals surface area contributed by atoms with Crippen LogP contribution in [-0.4, -0.2) is 37.1 Å². The molecule has 1 N–H and O–H groups in total. The summed E-state index contributed by atoms with van der Waals surface area (Å²) in [5, 5.41) is 2.44. The molecule has 0 aliphatic carbocycles. The molecule has 0 bridgehead atoms. The molecular weight excluding hydrogens is 346 g/mol. The van der Waals surface area contributed by atoms with Crippen molar-refractivity contribution in [3.8, 4) is 5.88 Å². The molecule has 0 aliphatic heterocycles. The Morgan fingerprint density at radius 2 is 1.85 bits per heavy atom. The van der Waals surface area contributed by atoms with Crippen molar-refractivity contribution in [3.05, 3.63) is 59.3 Å². The van der Waals surface area contributed by atoms with E-state index in [-0.39, 0.29) is 12.0 Å². The molecule has 0 aliphatic rings. The Balaban J connectivity index is 2.09. The van der Waals surface area contributed by atoms with Crippen molar-refractivity contribution in [1.29, 1.82) is 0 Å². The number of methoxy groups -OCH3 is 2. The van der Waals surface area contributed by atoms with Crippen LogP contribution in [-0.2, 0) is 27.2 Å². The van der Waals surface area contributed by atoms with Crippen LogP contribution < -0.4 is 10.1 Å². The van der Waals surface area contributed by atoms with Gasteiger partial charge in [-0.3, -0.25) is 4.79 Å². The number of hydrogen-bond donors (Lipinski definition) is 1. The quantitative estimate of drug-likeness (QED) is 0.759. The summed E-state index contributed by atoms with van der Waals surface area (Å²) < 4.78 is 37.0. The number of halogens is 2. The number of amides is 1. The van der Waals surface area contributed by atoms with Crippen molar-refractivity contribution in [2.45, 2.75) is 18.9 Å². The maximum absolute atomic E-state index is 13.7. The van der Waals surface area contributed by atoms with Crippen molar-refractivity contribution in [3.63, 3.8) is 0 Å². The number of benzene rings is 1. The number of pyridine rings is 1. The number of aromatic nitrogens is 1. The van der Waals surface area contributed by atoms with Gasteiger partial charge in [-0.1, -0.05) is 12.1 Å². The molecule has 2 rings (SSSR count). The van der Waals surface area contributed by atoms with Gasteiger partial charge >= 0.3 is 5.97 Å². The average Bonchev–Trinajstić information content (AvgIpc) is 2.64. The Bertz CT molecular complexity index is 761. The van der Waals surface area contributed by atoms with Gasteiger partial charge in [-0.2, -0.15) is 0 Å². The van der Waals surface area contributed by atoms with Gasteiger partial charge in [0, 0.05) is 24.2 Å². The molecule has 1 atom stereocenters. The number of hydrogen-bond acceptors (Lipinski definition) is 5. The van der Waals surface area contributed by atoms with Crippen molar-refractivity contribution >= 4 is 11.9 Å². The summed E-state index contributed by atoms with van der Waals surface area (Å²) in [5.41, 5.74) is 0.290. The molecule has 0 unspecified atom stereocenters. The molecule has 0 saturated heterocycles. The van der Waals surface area contributed by atoms with Crippen LogP contribution in [0, 0.1) is 11.6 Å². The summed E-state index contributed by atoms with van der Waals surface area (Å²) in [6.07, 6.45) is 1.07. The first-order valence-corrected chi connectivity index (χ1v) is 7.73. The van der Waals surface area contributed by atoms with E-state index in [0.717, 1.165) is 12.1 Å². The predicted molar refractivity (Wildman–Crippen MR) is 88.5 cm³/mol. The zero-order chi connectivity index (χ0) is 19.1. The van der Waals surface area contributed by atoms with Gasteiger partial charge in [-0.05, 0) is 17.7 Å². The van der Waals surface area contributed by atoms with Crippen LogP contribution in [0.4, 0.5) is 8.78 Å². The monoisotopic (exact) mass is 364 g/mol. The molecule has 1 aromatic heterocycles. The third-order valence-electron chi connectivity index (χ3n) is 3.67. The van der Waals surface area contributed by atoms with Gasteiger partial charge in [0.15, 0.2) is 0 Å². The number of nitrogens with one attached hydrogen (secondary N) is 1. The first-order valence-electron chi connectivity index (χ1n) is 7.73. The fourth-order valence-corrected chi connectivity index (χ4v) is 2.33. The molecule has 0 radical (unpaired) electrons. The molecule has 0 spiro atoms. The van der Waals surface area contributed by atoms with Crippen LogP contribution in [0.1, 0.15) is 11.1 Å². The fourth-order valence-electron chi connectivity index (χ4n) is 2.33. The van der Waals surface area contributed by atoms with Crippen LogP contribution in [0.3, 0.4) is 0 Å². The molecule has 2 aromatic rings. The first-order chi connectivity index (χ1) is 12.4. The number of rotatable bonds is 7. The molecule has 1 amide bonds. The third kappa shape index (κ3) is 4.98. The molecule has 6 nitrogen and oxygen atoms in total. The highest BCUT2D eigenvalue weighted by molar-refractivity contribution is 5.85. The SMILES string of the molecule is COC(=O)[C@@H](Cc1ccc(OC)nc1)NC(=O)Cc1c(F)cccc1F. The first kappa shape index (κ1) is 19.3. The van der Waals surface area contributed by atoms with Gasteiger partial charge in [0.25, 0.3) is 0 Å². The van der Waals surface area contributed by atoms with Crippen LogP contribution in [0.25, 0.3) is 0 Å². The lowest BCUT2D eigenvalue weighted by atomic mass is 10.1. The van der Waals surface area contributed by atoms with Crippen molar-refractivity contribution < 1.29 is 27.8 Å². The Kier molecular flexibility index (Phi) is 6.60. The number of carbonyl (C=O) groups excluding carboxylic acids is 2. The Hall–Kier alpha value is -3.03. The van der Waals surface area contributed by atoms with Crippen molar-refractivity contribution in [1.82, 2.24) is 10.3 Å². The molecule has 8 heteroatoms. The predicted octanol–water partition coefficient (Wildman–Crippen LogP) is 1.81. The average molecular weight is 364 g/mol. The summed E-state index contributed by atoms with van der Waals surface area (Å²) in [6, 6.07) is 5.61. The van der Waals surface area contributed by atoms with E-state index < -0.39 is 36.0 Å². The second-order valence-corrected chi connectivity index (χ2v) is 5.43. The lowest BCUT2D eigenvalue weighted by molar-refractivity contribution is -0.145. The van der Waals surface area contributed by atoms with Gasteiger partial charge in [0.2, 0.25) is 11.8 Å². The Morgan fingerprint density at radius 1 is 1.15 bits per heavy atom. The highest BCUT2D eigenvalue weighted by atomic mass is 19.1. The van der Waals surface area contributed by atoms with E-state index in [9.17, 15) is 18.4 Å².